The van der Waals surface area contributed by atoms with E-state index < -0.39 is 0 Å². The first-order chi connectivity index (χ1) is 8.81. The van der Waals surface area contributed by atoms with Gasteiger partial charge in [0.05, 0.1) is 12.7 Å². The van der Waals surface area contributed by atoms with E-state index in [1.54, 1.807) is 0 Å². The van der Waals surface area contributed by atoms with Crippen LogP contribution in [0.4, 0.5) is 0 Å². The minimum Gasteiger partial charge on any atom is -0.372 e. The van der Waals surface area contributed by atoms with E-state index in [2.05, 4.69) is 11.4 Å². The van der Waals surface area contributed by atoms with E-state index in [9.17, 15) is 0 Å². The van der Waals surface area contributed by atoms with Gasteiger partial charge in [0.15, 0.2) is 0 Å². The van der Waals surface area contributed by atoms with Crippen LogP contribution in [0, 0.1) is 5.92 Å². The molecule has 1 aliphatic heterocycles. The van der Waals surface area contributed by atoms with Gasteiger partial charge in [0.25, 0.3) is 0 Å². The van der Waals surface area contributed by atoms with E-state index in [4.69, 9.17) is 22.1 Å². The Morgan fingerprint density at radius 1 is 1.50 bits per heavy atom. The molecule has 0 radical (unpaired) electrons. The Labute approximate surface area is 114 Å². The summed E-state index contributed by atoms with van der Waals surface area (Å²) in [6.07, 6.45) is 2.49. The van der Waals surface area contributed by atoms with E-state index in [1.807, 2.05) is 18.2 Å². The second-order valence-corrected chi connectivity index (χ2v) is 5.18. The molecule has 18 heavy (non-hydrogen) atoms. The minimum absolute atomic E-state index is 0.0973. The molecule has 1 aromatic rings. The molecule has 3 nitrogen and oxygen atoms in total. The number of ether oxygens (including phenoxy) is 1. The fourth-order valence-corrected chi connectivity index (χ4v) is 2.72. The van der Waals surface area contributed by atoms with Crippen molar-refractivity contribution in [2.75, 3.05) is 26.2 Å². The molecule has 0 saturated carbocycles. The van der Waals surface area contributed by atoms with Crippen LogP contribution in [-0.2, 0) is 4.74 Å². The van der Waals surface area contributed by atoms with Crippen molar-refractivity contribution >= 4 is 11.6 Å². The van der Waals surface area contributed by atoms with Crippen molar-refractivity contribution in [3.05, 3.63) is 34.9 Å². The summed E-state index contributed by atoms with van der Waals surface area (Å²) < 4.78 is 5.95. The number of hydrogen-bond acceptors (Lipinski definition) is 3. The molecule has 2 atom stereocenters. The second-order valence-electron chi connectivity index (χ2n) is 4.74. The summed E-state index contributed by atoms with van der Waals surface area (Å²) in [7, 11) is 0. The maximum Gasteiger partial charge on any atom is 0.0866 e. The van der Waals surface area contributed by atoms with Gasteiger partial charge < -0.3 is 15.8 Å². The highest BCUT2D eigenvalue weighted by atomic mass is 35.5. The summed E-state index contributed by atoms with van der Waals surface area (Å²) in [6, 6.07) is 7.95. The van der Waals surface area contributed by atoms with Crippen LogP contribution in [0.3, 0.4) is 0 Å². The first-order valence-corrected chi connectivity index (χ1v) is 6.97. The molecule has 1 unspecified atom stereocenters. The third-order valence-corrected chi connectivity index (χ3v) is 3.59. The fraction of sp³-hybridized carbons (Fsp3) is 0.571. The summed E-state index contributed by atoms with van der Waals surface area (Å²) in [6.45, 7) is 3.25. The Balaban J connectivity index is 2.12. The summed E-state index contributed by atoms with van der Waals surface area (Å²) in [4.78, 5) is 0. The van der Waals surface area contributed by atoms with Gasteiger partial charge in [-0.3, -0.25) is 0 Å². The largest absolute Gasteiger partial charge is 0.372 e. The number of nitrogens with one attached hydrogen (secondary N) is 1. The van der Waals surface area contributed by atoms with E-state index in [0.717, 1.165) is 23.7 Å². The van der Waals surface area contributed by atoms with Gasteiger partial charge in [-0.1, -0.05) is 23.7 Å². The Morgan fingerprint density at radius 2 is 2.39 bits per heavy atom. The van der Waals surface area contributed by atoms with Gasteiger partial charge in [-0.15, -0.1) is 0 Å². The molecule has 0 aromatic heterocycles. The lowest BCUT2D eigenvalue weighted by atomic mass is 9.89. The van der Waals surface area contributed by atoms with Crippen LogP contribution in [0.25, 0.3) is 0 Å². The van der Waals surface area contributed by atoms with Crippen LogP contribution in [0.15, 0.2) is 24.3 Å². The van der Waals surface area contributed by atoms with E-state index in [0.29, 0.717) is 19.1 Å². The molecule has 1 aliphatic rings. The summed E-state index contributed by atoms with van der Waals surface area (Å²) in [5.41, 5.74) is 6.70. The number of benzene rings is 1. The molecule has 0 bridgehead atoms. The van der Waals surface area contributed by atoms with Gasteiger partial charge in [-0.05, 0) is 37.1 Å². The number of rotatable bonds is 5. The lowest BCUT2D eigenvalue weighted by molar-refractivity contribution is 0.00721. The van der Waals surface area contributed by atoms with Crippen molar-refractivity contribution in [1.29, 1.82) is 0 Å². The summed E-state index contributed by atoms with van der Waals surface area (Å²) in [5, 5.41) is 4.19. The van der Waals surface area contributed by atoms with Gasteiger partial charge >= 0.3 is 0 Å². The SMILES string of the molecule is NCCO[C@@H](c1cccc(Cl)c1)C1CCCNC1. The van der Waals surface area contributed by atoms with E-state index >= 15 is 0 Å². The molecule has 4 heteroatoms. The monoisotopic (exact) mass is 268 g/mol. The Kier molecular flexibility index (Phi) is 5.45. The highest BCUT2D eigenvalue weighted by molar-refractivity contribution is 6.30. The van der Waals surface area contributed by atoms with Crippen LogP contribution in [-0.4, -0.2) is 26.2 Å². The third kappa shape index (κ3) is 3.69. The van der Waals surface area contributed by atoms with E-state index in [-0.39, 0.29) is 6.10 Å². The van der Waals surface area contributed by atoms with Crippen LogP contribution in [0.1, 0.15) is 24.5 Å². The quantitative estimate of drug-likeness (QED) is 0.862. The first kappa shape index (κ1) is 13.8. The van der Waals surface area contributed by atoms with Crippen molar-refractivity contribution in [2.45, 2.75) is 18.9 Å². The number of halogens is 1. The Hall–Kier alpha value is -0.610. The smallest absolute Gasteiger partial charge is 0.0866 e. The van der Waals surface area contributed by atoms with Crippen molar-refractivity contribution in [2.24, 2.45) is 11.7 Å². The molecule has 0 amide bonds. The normalized spacial score (nSPS) is 21.8. The Bertz CT molecular complexity index is 367. The second kappa shape index (κ2) is 7.10. The van der Waals surface area contributed by atoms with Crippen LogP contribution in [0.2, 0.25) is 5.02 Å². The molecular weight excluding hydrogens is 248 g/mol. The average molecular weight is 269 g/mol. The highest BCUT2D eigenvalue weighted by Gasteiger charge is 2.25. The topological polar surface area (TPSA) is 47.3 Å². The molecule has 1 aromatic carbocycles. The average Bonchev–Trinajstić information content (AvgIpc) is 2.40. The number of piperidine rings is 1. The predicted molar refractivity (Wildman–Crippen MR) is 74.8 cm³/mol. The molecule has 0 aliphatic carbocycles. The maximum atomic E-state index is 6.07. The van der Waals surface area contributed by atoms with Crippen molar-refractivity contribution in [3.63, 3.8) is 0 Å². The van der Waals surface area contributed by atoms with Gasteiger partial charge in [0, 0.05) is 24.0 Å². The van der Waals surface area contributed by atoms with Gasteiger partial charge in [0.2, 0.25) is 0 Å². The van der Waals surface area contributed by atoms with Crippen molar-refractivity contribution in [3.8, 4) is 0 Å². The molecule has 100 valence electrons. The third-order valence-electron chi connectivity index (χ3n) is 3.36. The fourth-order valence-electron chi connectivity index (χ4n) is 2.52. The zero-order chi connectivity index (χ0) is 12.8. The molecule has 1 saturated heterocycles. The zero-order valence-corrected chi connectivity index (χ0v) is 11.3. The van der Waals surface area contributed by atoms with E-state index in [1.165, 1.54) is 12.8 Å². The van der Waals surface area contributed by atoms with Crippen LogP contribution in [0.5, 0.6) is 0 Å². The maximum absolute atomic E-state index is 6.07. The molecule has 2 rings (SSSR count). The molecule has 1 heterocycles. The first-order valence-electron chi connectivity index (χ1n) is 6.59. The van der Waals surface area contributed by atoms with Crippen molar-refractivity contribution in [1.82, 2.24) is 5.32 Å². The van der Waals surface area contributed by atoms with Crippen LogP contribution < -0.4 is 11.1 Å². The summed E-state index contributed by atoms with van der Waals surface area (Å²) >= 11 is 6.07. The zero-order valence-electron chi connectivity index (χ0n) is 10.6. The molecule has 3 N–H and O–H groups in total. The highest BCUT2D eigenvalue weighted by Crippen LogP contribution is 2.31. The minimum atomic E-state index is 0.0973. The standard InChI is InChI=1S/C14H21ClN2O/c15-13-5-1-3-11(9-13)14(18-8-6-16)12-4-2-7-17-10-12/h1,3,5,9,12,14,17H,2,4,6-8,10,16H2/t12?,14-/m0/s1. The summed E-state index contributed by atoms with van der Waals surface area (Å²) in [5.74, 6) is 0.503. The van der Waals surface area contributed by atoms with Crippen molar-refractivity contribution < 1.29 is 4.74 Å². The van der Waals surface area contributed by atoms with Gasteiger partial charge in [0.1, 0.15) is 0 Å². The number of nitrogens with two attached hydrogens (primary N) is 1. The molecule has 0 spiro atoms. The number of hydrogen-bond donors (Lipinski definition) is 2. The predicted octanol–water partition coefficient (Wildman–Crippen LogP) is 2.36. The van der Waals surface area contributed by atoms with Gasteiger partial charge in [-0.2, -0.15) is 0 Å². The van der Waals surface area contributed by atoms with Crippen LogP contribution >= 0.6 is 11.6 Å². The molecule has 1 fully saturated rings. The Morgan fingerprint density at radius 3 is 3.06 bits per heavy atom. The molecular formula is C14H21ClN2O. The lowest BCUT2D eigenvalue weighted by Gasteiger charge is -2.31. The van der Waals surface area contributed by atoms with Gasteiger partial charge in [-0.25, -0.2) is 0 Å². The lowest BCUT2D eigenvalue weighted by Crippen LogP contribution is -2.34.